The maximum Gasteiger partial charge on any atom is 0.249 e. The molecule has 94 valence electrons. The molecule has 1 saturated carbocycles. The Hall–Kier alpha value is -1.12. The Balaban J connectivity index is 1.97. The van der Waals surface area contributed by atoms with E-state index in [1.807, 2.05) is 13.8 Å². The van der Waals surface area contributed by atoms with Gasteiger partial charge in [0.05, 0.1) is 0 Å². The third-order valence-electron chi connectivity index (χ3n) is 3.75. The standard InChI is InChI=1S/C14H22N2O/c1-10-8-9-13(11(2)15-10)14(17)16-12-6-4-3-5-7-12/h12H,3-9H2,1-2H3,(H,16,17). The first kappa shape index (κ1) is 12.3. The van der Waals surface area contributed by atoms with Crippen LogP contribution in [-0.2, 0) is 4.79 Å². The fourth-order valence-electron chi connectivity index (χ4n) is 2.69. The van der Waals surface area contributed by atoms with Gasteiger partial charge in [-0.1, -0.05) is 19.3 Å². The van der Waals surface area contributed by atoms with E-state index in [0.717, 1.165) is 42.7 Å². The van der Waals surface area contributed by atoms with E-state index in [4.69, 9.17) is 0 Å². The van der Waals surface area contributed by atoms with E-state index < -0.39 is 0 Å². The molecule has 2 rings (SSSR count). The van der Waals surface area contributed by atoms with Gasteiger partial charge in [0.1, 0.15) is 0 Å². The summed E-state index contributed by atoms with van der Waals surface area (Å²) in [5, 5.41) is 3.17. The molecule has 2 aliphatic rings. The van der Waals surface area contributed by atoms with Crippen LogP contribution in [0.15, 0.2) is 16.3 Å². The lowest BCUT2D eigenvalue weighted by molar-refractivity contribution is -0.118. The molecule has 0 saturated heterocycles. The molecular weight excluding hydrogens is 212 g/mol. The summed E-state index contributed by atoms with van der Waals surface area (Å²) in [6.07, 6.45) is 7.86. The SMILES string of the molecule is CC1=NC(C)=C(C(=O)NC2CCCCC2)CC1. The van der Waals surface area contributed by atoms with Crippen molar-refractivity contribution in [2.75, 3.05) is 0 Å². The fraction of sp³-hybridized carbons (Fsp3) is 0.714. The molecule has 0 unspecified atom stereocenters. The summed E-state index contributed by atoms with van der Waals surface area (Å²) in [7, 11) is 0. The largest absolute Gasteiger partial charge is 0.350 e. The summed E-state index contributed by atoms with van der Waals surface area (Å²) in [5.41, 5.74) is 2.93. The molecule has 17 heavy (non-hydrogen) atoms. The van der Waals surface area contributed by atoms with Gasteiger partial charge in [0.15, 0.2) is 0 Å². The van der Waals surface area contributed by atoms with Crippen LogP contribution in [0.25, 0.3) is 0 Å². The summed E-state index contributed by atoms with van der Waals surface area (Å²) >= 11 is 0. The van der Waals surface area contributed by atoms with Crippen molar-refractivity contribution >= 4 is 11.6 Å². The van der Waals surface area contributed by atoms with Crippen molar-refractivity contribution < 1.29 is 4.79 Å². The number of allylic oxidation sites excluding steroid dienone is 1. The highest BCUT2D eigenvalue weighted by Crippen LogP contribution is 2.21. The van der Waals surface area contributed by atoms with Crippen LogP contribution in [0, 0.1) is 0 Å². The topological polar surface area (TPSA) is 41.5 Å². The molecule has 0 aromatic rings. The van der Waals surface area contributed by atoms with Gasteiger partial charge in [0, 0.05) is 23.0 Å². The number of nitrogens with zero attached hydrogens (tertiary/aromatic N) is 1. The lowest BCUT2D eigenvalue weighted by atomic mass is 9.94. The van der Waals surface area contributed by atoms with E-state index >= 15 is 0 Å². The Morgan fingerprint density at radius 3 is 2.53 bits per heavy atom. The molecule has 1 fully saturated rings. The van der Waals surface area contributed by atoms with Crippen LogP contribution in [0.4, 0.5) is 0 Å². The Labute approximate surface area is 103 Å². The molecule has 1 N–H and O–H groups in total. The minimum atomic E-state index is 0.116. The van der Waals surface area contributed by atoms with Gasteiger partial charge < -0.3 is 5.32 Å². The van der Waals surface area contributed by atoms with Gasteiger partial charge in [-0.15, -0.1) is 0 Å². The van der Waals surface area contributed by atoms with Gasteiger partial charge in [0.2, 0.25) is 5.91 Å². The molecule has 0 bridgehead atoms. The maximum atomic E-state index is 12.1. The van der Waals surface area contributed by atoms with E-state index in [-0.39, 0.29) is 5.91 Å². The second-order valence-corrected chi connectivity index (χ2v) is 5.22. The van der Waals surface area contributed by atoms with Gasteiger partial charge in [-0.3, -0.25) is 9.79 Å². The molecule has 0 radical (unpaired) electrons. The molecule has 1 amide bonds. The van der Waals surface area contributed by atoms with Crippen molar-refractivity contribution in [2.45, 2.75) is 64.8 Å². The highest BCUT2D eigenvalue weighted by Gasteiger charge is 2.21. The van der Waals surface area contributed by atoms with Gasteiger partial charge in [0.25, 0.3) is 0 Å². The molecule has 0 spiro atoms. The summed E-state index contributed by atoms with van der Waals surface area (Å²) in [6.45, 7) is 3.97. The van der Waals surface area contributed by atoms with Crippen molar-refractivity contribution in [3.63, 3.8) is 0 Å². The highest BCUT2D eigenvalue weighted by atomic mass is 16.1. The monoisotopic (exact) mass is 234 g/mol. The second kappa shape index (κ2) is 5.48. The van der Waals surface area contributed by atoms with Gasteiger partial charge in [-0.05, 0) is 39.5 Å². The number of aliphatic imine (C=N–C) groups is 1. The zero-order valence-corrected chi connectivity index (χ0v) is 10.9. The predicted molar refractivity (Wildman–Crippen MR) is 70.1 cm³/mol. The smallest absolute Gasteiger partial charge is 0.249 e. The molecule has 0 aromatic heterocycles. The number of amides is 1. The zero-order chi connectivity index (χ0) is 12.3. The van der Waals surface area contributed by atoms with Crippen LogP contribution < -0.4 is 5.32 Å². The Morgan fingerprint density at radius 1 is 1.18 bits per heavy atom. The minimum Gasteiger partial charge on any atom is -0.350 e. The Bertz CT molecular complexity index is 362. The number of hydrogen-bond donors (Lipinski definition) is 1. The second-order valence-electron chi connectivity index (χ2n) is 5.22. The molecule has 1 heterocycles. The summed E-state index contributed by atoms with van der Waals surface area (Å²) in [6, 6.07) is 0.392. The number of hydrogen-bond acceptors (Lipinski definition) is 2. The Kier molecular flexibility index (Phi) is 3.97. The van der Waals surface area contributed by atoms with Gasteiger partial charge >= 0.3 is 0 Å². The summed E-state index contributed by atoms with van der Waals surface area (Å²) in [4.78, 5) is 16.6. The van der Waals surface area contributed by atoms with E-state index in [2.05, 4.69) is 10.3 Å². The molecular formula is C14H22N2O. The van der Waals surface area contributed by atoms with Crippen LogP contribution in [0.1, 0.15) is 58.8 Å². The molecule has 3 nitrogen and oxygen atoms in total. The van der Waals surface area contributed by atoms with Crippen LogP contribution in [0.5, 0.6) is 0 Å². The number of rotatable bonds is 2. The molecule has 0 aromatic carbocycles. The first-order valence-electron chi connectivity index (χ1n) is 6.71. The molecule has 3 heteroatoms. The van der Waals surface area contributed by atoms with Gasteiger partial charge in [-0.25, -0.2) is 0 Å². The average Bonchev–Trinajstić information content (AvgIpc) is 2.30. The third kappa shape index (κ3) is 3.18. The predicted octanol–water partition coefficient (Wildman–Crippen LogP) is 2.96. The minimum absolute atomic E-state index is 0.116. The van der Waals surface area contributed by atoms with Crippen molar-refractivity contribution in [1.82, 2.24) is 5.32 Å². The van der Waals surface area contributed by atoms with E-state index in [0.29, 0.717) is 6.04 Å². The van der Waals surface area contributed by atoms with Crippen LogP contribution in [0.3, 0.4) is 0 Å². The van der Waals surface area contributed by atoms with Crippen LogP contribution in [-0.4, -0.2) is 17.7 Å². The summed E-state index contributed by atoms with van der Waals surface area (Å²) in [5.74, 6) is 0.116. The average molecular weight is 234 g/mol. The summed E-state index contributed by atoms with van der Waals surface area (Å²) < 4.78 is 0. The number of nitrogens with one attached hydrogen (secondary N) is 1. The number of carbonyl (C=O) groups is 1. The van der Waals surface area contributed by atoms with Crippen molar-refractivity contribution in [2.24, 2.45) is 4.99 Å². The quantitative estimate of drug-likeness (QED) is 0.784. The highest BCUT2D eigenvalue weighted by molar-refractivity contribution is 5.97. The van der Waals surface area contributed by atoms with Crippen LogP contribution >= 0.6 is 0 Å². The van der Waals surface area contributed by atoms with E-state index in [9.17, 15) is 4.79 Å². The van der Waals surface area contributed by atoms with Crippen molar-refractivity contribution in [1.29, 1.82) is 0 Å². The maximum absolute atomic E-state index is 12.1. The molecule has 1 aliphatic heterocycles. The number of carbonyl (C=O) groups excluding carboxylic acids is 1. The third-order valence-corrected chi connectivity index (χ3v) is 3.75. The lowest BCUT2D eigenvalue weighted by Gasteiger charge is -2.24. The van der Waals surface area contributed by atoms with E-state index in [1.165, 1.54) is 19.3 Å². The normalized spacial score (nSPS) is 22.4. The fourth-order valence-corrected chi connectivity index (χ4v) is 2.69. The first-order valence-corrected chi connectivity index (χ1v) is 6.71. The Morgan fingerprint density at radius 2 is 1.88 bits per heavy atom. The zero-order valence-electron chi connectivity index (χ0n) is 10.9. The van der Waals surface area contributed by atoms with Crippen LogP contribution in [0.2, 0.25) is 0 Å². The lowest BCUT2D eigenvalue weighted by Crippen LogP contribution is -2.37. The molecule has 0 atom stereocenters. The molecule has 1 aliphatic carbocycles. The van der Waals surface area contributed by atoms with Crippen molar-refractivity contribution in [3.8, 4) is 0 Å². The van der Waals surface area contributed by atoms with Gasteiger partial charge in [-0.2, -0.15) is 0 Å². The first-order chi connectivity index (χ1) is 8.16. The van der Waals surface area contributed by atoms with E-state index in [1.54, 1.807) is 0 Å². The van der Waals surface area contributed by atoms with Crippen molar-refractivity contribution in [3.05, 3.63) is 11.3 Å².